The lowest BCUT2D eigenvalue weighted by molar-refractivity contribution is -0.127. The topological polar surface area (TPSA) is 72.2 Å². The minimum atomic E-state index is -0.787. The first kappa shape index (κ1) is 14.8. The van der Waals surface area contributed by atoms with Crippen molar-refractivity contribution < 1.29 is 9.59 Å². The molecule has 106 valence electrons. The van der Waals surface area contributed by atoms with Gasteiger partial charge in [-0.1, -0.05) is 40.2 Å². The van der Waals surface area contributed by atoms with Crippen LogP contribution in [0.2, 0.25) is 0 Å². The molecule has 3 N–H and O–H groups in total. The van der Waals surface area contributed by atoms with Gasteiger partial charge in [0.2, 0.25) is 11.8 Å². The highest BCUT2D eigenvalue weighted by molar-refractivity contribution is 9.10. The van der Waals surface area contributed by atoms with Crippen LogP contribution in [0, 0.1) is 5.92 Å². The molecule has 0 unspecified atom stereocenters. The first-order chi connectivity index (χ1) is 9.56. The van der Waals surface area contributed by atoms with Gasteiger partial charge in [0.25, 0.3) is 0 Å². The summed E-state index contributed by atoms with van der Waals surface area (Å²) in [5.74, 6) is -0.435. The normalized spacial score (nSPS) is 18.8. The Morgan fingerprint density at radius 2 is 2.25 bits per heavy atom. The summed E-state index contributed by atoms with van der Waals surface area (Å²) in [6, 6.07) is 6.43. The van der Waals surface area contributed by atoms with E-state index in [4.69, 9.17) is 5.73 Å². The van der Waals surface area contributed by atoms with Crippen molar-refractivity contribution in [1.29, 1.82) is 0 Å². The van der Waals surface area contributed by atoms with Crippen LogP contribution in [-0.4, -0.2) is 11.8 Å². The molecule has 1 aliphatic rings. The molecule has 2 amide bonds. The molecule has 0 heterocycles. The third-order valence-electron chi connectivity index (χ3n) is 3.33. The lowest BCUT2D eigenvalue weighted by Crippen LogP contribution is -2.38. The van der Waals surface area contributed by atoms with Crippen molar-refractivity contribution in [2.24, 2.45) is 11.7 Å². The van der Waals surface area contributed by atoms with E-state index in [1.165, 1.54) is 0 Å². The Morgan fingerprint density at radius 3 is 2.85 bits per heavy atom. The van der Waals surface area contributed by atoms with E-state index in [1.54, 1.807) is 18.2 Å². The van der Waals surface area contributed by atoms with Crippen molar-refractivity contribution in [3.05, 3.63) is 46.5 Å². The Bertz CT molecular complexity index is 542. The van der Waals surface area contributed by atoms with E-state index in [0.29, 0.717) is 12.0 Å². The van der Waals surface area contributed by atoms with Crippen LogP contribution in [0.25, 0.3) is 0 Å². The fraction of sp³-hybridized carbons (Fsp3) is 0.333. The number of carbonyl (C=O) groups excluding carboxylic acids is 2. The molecule has 1 aromatic carbocycles. The van der Waals surface area contributed by atoms with Gasteiger partial charge < -0.3 is 11.1 Å². The minimum Gasteiger partial charge on any atom is -0.368 e. The molecule has 0 fully saturated rings. The van der Waals surface area contributed by atoms with Crippen LogP contribution >= 0.6 is 15.9 Å². The first-order valence-corrected chi connectivity index (χ1v) is 7.36. The number of benzene rings is 1. The zero-order valence-corrected chi connectivity index (χ0v) is 12.6. The quantitative estimate of drug-likeness (QED) is 0.810. The summed E-state index contributed by atoms with van der Waals surface area (Å²) in [6.45, 7) is 0. The van der Waals surface area contributed by atoms with Gasteiger partial charge in [-0.2, -0.15) is 0 Å². The number of hydrogen-bond donors (Lipinski definition) is 2. The summed E-state index contributed by atoms with van der Waals surface area (Å²) in [7, 11) is 0. The fourth-order valence-corrected chi connectivity index (χ4v) is 2.75. The highest BCUT2D eigenvalue weighted by atomic mass is 79.9. The molecular formula is C15H17BrN2O2. The number of nitrogens with two attached hydrogens (primary N) is 1. The van der Waals surface area contributed by atoms with Crippen molar-refractivity contribution in [2.75, 3.05) is 0 Å². The fourth-order valence-electron chi connectivity index (χ4n) is 2.33. The molecule has 20 heavy (non-hydrogen) atoms. The predicted octanol–water partition coefficient (Wildman–Crippen LogP) is 2.45. The number of carbonyl (C=O) groups is 2. The molecule has 1 aliphatic carbocycles. The van der Waals surface area contributed by atoms with Crippen molar-refractivity contribution in [3.63, 3.8) is 0 Å². The standard InChI is InChI=1S/C15H17BrN2O2/c16-12-7-3-6-11(9-12)14(15(17)20)18-13(19)8-10-4-1-2-5-10/h1,3-4,6-7,9-10,14H,2,5,8H2,(H2,17,20)(H,18,19)/t10-,14-/m1/s1. The lowest BCUT2D eigenvalue weighted by atomic mass is 10.0. The second-order valence-electron chi connectivity index (χ2n) is 4.93. The van der Waals surface area contributed by atoms with Crippen molar-refractivity contribution in [2.45, 2.75) is 25.3 Å². The van der Waals surface area contributed by atoms with E-state index < -0.39 is 11.9 Å². The number of amides is 2. The van der Waals surface area contributed by atoms with Gasteiger partial charge in [-0.15, -0.1) is 0 Å². The highest BCUT2D eigenvalue weighted by Gasteiger charge is 2.22. The Balaban J connectivity index is 2.04. The zero-order valence-electron chi connectivity index (χ0n) is 11.0. The van der Waals surface area contributed by atoms with Crippen LogP contribution in [0.15, 0.2) is 40.9 Å². The molecule has 0 saturated heterocycles. The van der Waals surface area contributed by atoms with Gasteiger partial charge in [0.15, 0.2) is 0 Å². The Morgan fingerprint density at radius 1 is 1.45 bits per heavy atom. The van der Waals surface area contributed by atoms with E-state index in [1.807, 2.05) is 6.07 Å². The molecule has 0 radical (unpaired) electrons. The number of allylic oxidation sites excluding steroid dienone is 2. The second-order valence-corrected chi connectivity index (χ2v) is 5.84. The van der Waals surface area contributed by atoms with Gasteiger partial charge in [-0.3, -0.25) is 9.59 Å². The summed E-state index contributed by atoms with van der Waals surface area (Å²) < 4.78 is 0.842. The summed E-state index contributed by atoms with van der Waals surface area (Å²) in [6.07, 6.45) is 6.54. The Kier molecular flexibility index (Phi) is 4.95. The Hall–Kier alpha value is -1.62. The van der Waals surface area contributed by atoms with Crippen molar-refractivity contribution in [3.8, 4) is 0 Å². The third kappa shape index (κ3) is 3.93. The zero-order chi connectivity index (χ0) is 14.5. The van der Waals surface area contributed by atoms with E-state index in [2.05, 4.69) is 33.4 Å². The van der Waals surface area contributed by atoms with E-state index >= 15 is 0 Å². The summed E-state index contributed by atoms with van der Waals surface area (Å²) >= 11 is 3.34. The Labute approximate surface area is 126 Å². The molecule has 2 atom stereocenters. The largest absolute Gasteiger partial charge is 0.368 e. The molecule has 4 nitrogen and oxygen atoms in total. The maximum atomic E-state index is 12.0. The third-order valence-corrected chi connectivity index (χ3v) is 3.83. The SMILES string of the molecule is NC(=O)[C@H](NC(=O)C[C@@H]1C=CCC1)c1cccc(Br)c1. The highest BCUT2D eigenvalue weighted by Crippen LogP contribution is 2.22. The van der Waals surface area contributed by atoms with E-state index in [0.717, 1.165) is 17.3 Å². The molecule has 0 aromatic heterocycles. The summed E-state index contributed by atoms with van der Waals surface area (Å²) in [5.41, 5.74) is 6.07. The van der Waals surface area contributed by atoms with Crippen LogP contribution in [0.3, 0.4) is 0 Å². The van der Waals surface area contributed by atoms with Crippen molar-refractivity contribution >= 4 is 27.7 Å². The molecule has 0 saturated carbocycles. The van der Waals surface area contributed by atoms with Gasteiger partial charge in [0.1, 0.15) is 6.04 Å². The van der Waals surface area contributed by atoms with Crippen LogP contribution in [0.1, 0.15) is 30.9 Å². The average molecular weight is 337 g/mol. The molecule has 2 rings (SSSR count). The smallest absolute Gasteiger partial charge is 0.244 e. The first-order valence-electron chi connectivity index (χ1n) is 6.57. The average Bonchev–Trinajstić information content (AvgIpc) is 2.88. The monoisotopic (exact) mass is 336 g/mol. The minimum absolute atomic E-state index is 0.148. The maximum Gasteiger partial charge on any atom is 0.244 e. The van der Waals surface area contributed by atoms with Gasteiger partial charge >= 0.3 is 0 Å². The van der Waals surface area contributed by atoms with Crippen molar-refractivity contribution in [1.82, 2.24) is 5.32 Å². The molecule has 1 aromatic rings. The van der Waals surface area contributed by atoms with Crippen LogP contribution in [0.5, 0.6) is 0 Å². The molecular weight excluding hydrogens is 320 g/mol. The lowest BCUT2D eigenvalue weighted by Gasteiger charge is -2.17. The number of halogens is 1. The molecule has 5 heteroatoms. The molecule has 0 aliphatic heterocycles. The predicted molar refractivity (Wildman–Crippen MR) is 80.7 cm³/mol. The number of rotatable bonds is 5. The van der Waals surface area contributed by atoms with Gasteiger partial charge in [0.05, 0.1) is 0 Å². The number of primary amides is 1. The van der Waals surface area contributed by atoms with Gasteiger partial charge in [-0.25, -0.2) is 0 Å². The van der Waals surface area contributed by atoms with E-state index in [9.17, 15) is 9.59 Å². The summed E-state index contributed by atoms with van der Waals surface area (Å²) in [5, 5.41) is 2.72. The van der Waals surface area contributed by atoms with Gasteiger partial charge in [-0.05, 0) is 36.5 Å². The number of hydrogen-bond acceptors (Lipinski definition) is 2. The van der Waals surface area contributed by atoms with Gasteiger partial charge in [0, 0.05) is 10.9 Å². The maximum absolute atomic E-state index is 12.0. The van der Waals surface area contributed by atoms with Crippen LogP contribution < -0.4 is 11.1 Å². The molecule has 0 bridgehead atoms. The second kappa shape index (κ2) is 6.70. The van der Waals surface area contributed by atoms with E-state index in [-0.39, 0.29) is 11.8 Å². The molecule has 0 spiro atoms. The number of nitrogens with one attached hydrogen (secondary N) is 1. The summed E-state index contributed by atoms with van der Waals surface area (Å²) in [4.78, 5) is 23.6. The van der Waals surface area contributed by atoms with Crippen LogP contribution in [0.4, 0.5) is 0 Å². The van der Waals surface area contributed by atoms with Crippen LogP contribution in [-0.2, 0) is 9.59 Å².